The van der Waals surface area contributed by atoms with Gasteiger partial charge in [-0.25, -0.2) is 0 Å². The maximum atomic E-state index is 10.0. The van der Waals surface area contributed by atoms with Crippen molar-refractivity contribution in [2.24, 2.45) is 0 Å². The van der Waals surface area contributed by atoms with Crippen LogP contribution in [0.1, 0.15) is 38.5 Å². The minimum absolute atomic E-state index is 0.188. The largest absolute Gasteiger partial charge is 0.673 e. The highest BCUT2D eigenvalue weighted by atomic mass is 19.5. The Kier molecular flexibility index (Phi) is 10.6. The summed E-state index contributed by atoms with van der Waals surface area (Å²) in [7, 11) is -6.00. The Morgan fingerprint density at radius 1 is 0.765 bits per heavy atom. The van der Waals surface area contributed by atoms with Crippen molar-refractivity contribution in [3.63, 3.8) is 0 Å². The molecule has 2 N–H and O–H groups in total. The Morgan fingerprint density at radius 2 is 1.00 bits per heavy atom. The zero-order valence-corrected chi connectivity index (χ0v) is 9.04. The van der Waals surface area contributed by atoms with E-state index in [0.717, 1.165) is 12.8 Å². The summed E-state index contributed by atoms with van der Waals surface area (Å²) in [6, 6.07) is 0. The monoisotopic (exact) mass is 261 g/mol. The van der Waals surface area contributed by atoms with E-state index in [4.69, 9.17) is 10.2 Å². The van der Waals surface area contributed by atoms with Gasteiger partial charge in [0.25, 0.3) is 0 Å². The van der Waals surface area contributed by atoms with Crippen molar-refractivity contribution >= 4 is 19.2 Å². The van der Waals surface area contributed by atoms with Crippen molar-refractivity contribution in [1.82, 2.24) is 0 Å². The van der Waals surface area contributed by atoms with Gasteiger partial charge >= 0.3 is 19.2 Å². The van der Waals surface area contributed by atoms with E-state index >= 15 is 0 Å². The van der Waals surface area contributed by atoms with Gasteiger partial charge in [0.15, 0.2) is 0 Å². The fourth-order valence-electron chi connectivity index (χ4n) is 0.906. The van der Waals surface area contributed by atoms with Crippen LogP contribution >= 0.6 is 0 Å². The van der Waals surface area contributed by atoms with Crippen molar-refractivity contribution in [2.75, 3.05) is 0 Å². The summed E-state index contributed by atoms with van der Waals surface area (Å²) in [5, 5.41) is 16.5. The second-order valence-corrected chi connectivity index (χ2v) is 3.20. The van der Waals surface area contributed by atoms with Crippen LogP contribution in [0.3, 0.4) is 0 Å². The molecule has 17 heavy (non-hydrogen) atoms. The first-order valence-corrected chi connectivity index (χ1v) is 4.94. The second-order valence-electron chi connectivity index (χ2n) is 3.20. The Hall–Kier alpha value is -1.28. The molecule has 102 valence electrons. The van der Waals surface area contributed by atoms with Crippen molar-refractivity contribution in [3.05, 3.63) is 0 Å². The molecule has 9 heteroatoms. The molecule has 0 radical (unpaired) electrons. The molecule has 0 aliphatic heterocycles. The normalized spacial score (nSPS) is 10.4. The molecule has 0 unspecified atom stereocenters. The number of carbonyl (C=O) groups is 2. The van der Waals surface area contributed by atoms with Crippen LogP contribution in [-0.4, -0.2) is 29.4 Å². The molecule has 4 nitrogen and oxygen atoms in total. The van der Waals surface area contributed by atoms with Crippen LogP contribution in [0.2, 0.25) is 0 Å². The van der Waals surface area contributed by atoms with Gasteiger partial charge in [-0.3, -0.25) is 9.59 Å². The average molecular weight is 261 g/mol. The van der Waals surface area contributed by atoms with Crippen molar-refractivity contribution < 1.29 is 37.1 Å². The number of halogens is 4. The van der Waals surface area contributed by atoms with E-state index in [1.54, 1.807) is 0 Å². The SMILES string of the molecule is F[B-](F)(F)F.O=C(O)CCCCCCC(=O)O. The number of unbranched alkanes of at least 4 members (excludes halogenated alkanes) is 3. The predicted molar refractivity (Wildman–Crippen MR) is 53.2 cm³/mol. The minimum atomic E-state index is -6.00. The summed E-state index contributed by atoms with van der Waals surface area (Å²) in [5.41, 5.74) is 0. The van der Waals surface area contributed by atoms with Gasteiger partial charge < -0.3 is 27.5 Å². The molecular formula is C8H14BF4O4-. The smallest absolute Gasteiger partial charge is 0.481 e. The van der Waals surface area contributed by atoms with Crippen LogP contribution < -0.4 is 0 Å². The van der Waals surface area contributed by atoms with E-state index in [9.17, 15) is 26.9 Å². The van der Waals surface area contributed by atoms with Gasteiger partial charge in [0.1, 0.15) is 0 Å². The summed E-state index contributed by atoms with van der Waals surface area (Å²) < 4.78 is 39.0. The standard InChI is InChI=1S/C8H14O4.BF4/c9-7(10)5-3-1-2-4-6-8(11)12;2-1(3,4)5/h1-6H2,(H,9,10)(H,11,12);/q;-1. The molecule has 0 bridgehead atoms. The first kappa shape index (κ1) is 18.1. The van der Waals surface area contributed by atoms with E-state index < -0.39 is 19.2 Å². The molecule has 0 amide bonds. The first-order chi connectivity index (χ1) is 7.63. The highest BCUT2D eigenvalue weighted by Crippen LogP contribution is 2.06. The summed E-state index contributed by atoms with van der Waals surface area (Å²) in [5.74, 6) is -1.57. The Bertz CT molecular complexity index is 208. The van der Waals surface area contributed by atoms with Crippen molar-refractivity contribution in [2.45, 2.75) is 38.5 Å². The topological polar surface area (TPSA) is 74.6 Å². The summed E-state index contributed by atoms with van der Waals surface area (Å²) in [6.45, 7) is 0. The van der Waals surface area contributed by atoms with E-state index in [1.807, 2.05) is 0 Å². The highest BCUT2D eigenvalue weighted by molar-refractivity contribution is 6.50. The van der Waals surface area contributed by atoms with Crippen molar-refractivity contribution in [1.29, 1.82) is 0 Å². The summed E-state index contributed by atoms with van der Waals surface area (Å²) in [6.07, 6.45) is 3.28. The third kappa shape index (κ3) is 40.0. The van der Waals surface area contributed by atoms with Gasteiger partial charge in [-0.2, -0.15) is 0 Å². The van der Waals surface area contributed by atoms with Crippen LogP contribution in [-0.2, 0) is 9.59 Å². The van der Waals surface area contributed by atoms with Crippen LogP contribution in [0, 0.1) is 0 Å². The molecule has 0 saturated heterocycles. The number of carboxylic acids is 2. The van der Waals surface area contributed by atoms with Gasteiger partial charge in [-0.15, -0.1) is 0 Å². The van der Waals surface area contributed by atoms with Crippen LogP contribution in [0.5, 0.6) is 0 Å². The molecule has 0 aromatic carbocycles. The molecule has 0 aromatic heterocycles. The number of hydrogen-bond donors (Lipinski definition) is 2. The highest BCUT2D eigenvalue weighted by Gasteiger charge is 2.20. The first-order valence-electron chi connectivity index (χ1n) is 4.94. The second kappa shape index (κ2) is 9.92. The van der Waals surface area contributed by atoms with E-state index in [1.165, 1.54) is 0 Å². The molecule has 0 heterocycles. The molecule has 0 saturated carbocycles. The molecule has 0 aliphatic rings. The summed E-state index contributed by atoms with van der Waals surface area (Å²) in [4.78, 5) is 20.1. The van der Waals surface area contributed by atoms with Gasteiger partial charge in [-0.1, -0.05) is 12.8 Å². The zero-order chi connectivity index (χ0) is 13.9. The van der Waals surface area contributed by atoms with Crippen LogP contribution in [0.4, 0.5) is 17.3 Å². The molecular weight excluding hydrogens is 247 g/mol. The molecule has 0 rings (SSSR count). The third-order valence-corrected chi connectivity index (χ3v) is 1.53. The van der Waals surface area contributed by atoms with Crippen LogP contribution in [0.15, 0.2) is 0 Å². The van der Waals surface area contributed by atoms with E-state index in [-0.39, 0.29) is 12.8 Å². The fourth-order valence-corrected chi connectivity index (χ4v) is 0.906. The van der Waals surface area contributed by atoms with Gasteiger partial charge in [0, 0.05) is 12.8 Å². The lowest BCUT2D eigenvalue weighted by atomic mass is 10.1. The lowest BCUT2D eigenvalue weighted by Crippen LogP contribution is -2.02. The van der Waals surface area contributed by atoms with Gasteiger partial charge in [0.05, 0.1) is 0 Å². The number of aliphatic carboxylic acids is 2. The predicted octanol–water partition coefficient (Wildman–Crippen LogP) is 2.80. The molecule has 0 aromatic rings. The summed E-state index contributed by atoms with van der Waals surface area (Å²) >= 11 is 0. The zero-order valence-electron chi connectivity index (χ0n) is 9.04. The Labute approximate surface area is 95.7 Å². The van der Waals surface area contributed by atoms with E-state index in [2.05, 4.69) is 0 Å². The molecule has 0 spiro atoms. The van der Waals surface area contributed by atoms with Gasteiger partial charge in [0.2, 0.25) is 0 Å². The maximum absolute atomic E-state index is 10.0. The third-order valence-electron chi connectivity index (χ3n) is 1.53. The number of rotatable bonds is 7. The molecule has 0 aliphatic carbocycles. The van der Waals surface area contributed by atoms with E-state index in [0.29, 0.717) is 12.8 Å². The Balaban J connectivity index is 0. The average Bonchev–Trinajstić information content (AvgIpc) is 2.07. The lowest BCUT2D eigenvalue weighted by Gasteiger charge is -1.96. The fraction of sp³-hybridized carbons (Fsp3) is 0.750. The van der Waals surface area contributed by atoms with Crippen LogP contribution in [0.25, 0.3) is 0 Å². The number of hydrogen-bond acceptors (Lipinski definition) is 2. The Morgan fingerprint density at radius 3 is 1.18 bits per heavy atom. The lowest BCUT2D eigenvalue weighted by molar-refractivity contribution is -0.138. The minimum Gasteiger partial charge on any atom is -0.481 e. The van der Waals surface area contributed by atoms with Crippen molar-refractivity contribution in [3.8, 4) is 0 Å². The van der Waals surface area contributed by atoms with Gasteiger partial charge in [-0.05, 0) is 12.8 Å². The molecule has 0 atom stereocenters. The molecule has 0 fully saturated rings. The quantitative estimate of drug-likeness (QED) is 0.419. The maximum Gasteiger partial charge on any atom is 0.673 e. The number of carboxylic acid groups (broad SMARTS) is 2.